The number of halogens is 1. The van der Waals surface area contributed by atoms with Crippen molar-refractivity contribution >= 4 is 45.0 Å². The first kappa shape index (κ1) is 17.5. The number of carbonyl (C=O) groups is 1. The predicted molar refractivity (Wildman–Crippen MR) is 96.1 cm³/mol. The van der Waals surface area contributed by atoms with Gasteiger partial charge in [-0.1, -0.05) is 22.0 Å². The molecule has 0 radical (unpaired) electrons. The van der Waals surface area contributed by atoms with Crippen molar-refractivity contribution in [2.75, 3.05) is 11.1 Å². The third kappa shape index (κ3) is 4.80. The van der Waals surface area contributed by atoms with Gasteiger partial charge in [0.25, 0.3) is 5.69 Å². The van der Waals surface area contributed by atoms with Crippen LogP contribution in [-0.2, 0) is 4.79 Å². The van der Waals surface area contributed by atoms with Crippen LogP contribution in [0.4, 0.5) is 11.4 Å². The Morgan fingerprint density at radius 3 is 2.61 bits per heavy atom. The quantitative estimate of drug-likeness (QED) is 0.452. The molecule has 2 rings (SSSR count). The minimum absolute atomic E-state index is 0.0395. The van der Waals surface area contributed by atoms with Gasteiger partial charge in [-0.2, -0.15) is 0 Å². The summed E-state index contributed by atoms with van der Waals surface area (Å²) in [5.74, 6) is 0.0471. The maximum atomic E-state index is 12.1. The summed E-state index contributed by atoms with van der Waals surface area (Å²) in [7, 11) is 0. The molecule has 0 fully saturated rings. The number of anilines is 1. The number of amides is 1. The molecule has 2 aromatic rings. The Morgan fingerprint density at radius 2 is 1.96 bits per heavy atom. The molecule has 0 aromatic heterocycles. The Balaban J connectivity index is 2.02. The van der Waals surface area contributed by atoms with E-state index in [9.17, 15) is 14.9 Å². The maximum absolute atomic E-state index is 12.1. The number of non-ortho nitro benzene ring substituents is 1. The van der Waals surface area contributed by atoms with Crippen LogP contribution in [0.1, 0.15) is 11.1 Å². The van der Waals surface area contributed by atoms with E-state index in [-0.39, 0.29) is 17.3 Å². The Labute approximate surface area is 146 Å². The average Bonchev–Trinajstić information content (AvgIpc) is 2.48. The number of nitrogens with zero attached hydrogens (tertiary/aromatic N) is 1. The Kier molecular flexibility index (Phi) is 5.79. The van der Waals surface area contributed by atoms with E-state index in [1.165, 1.54) is 23.9 Å². The summed E-state index contributed by atoms with van der Waals surface area (Å²) < 4.78 is 0.996. The van der Waals surface area contributed by atoms with Crippen LogP contribution in [0.2, 0.25) is 0 Å². The minimum atomic E-state index is -0.477. The van der Waals surface area contributed by atoms with Crippen molar-refractivity contribution in [3.8, 4) is 0 Å². The summed E-state index contributed by atoms with van der Waals surface area (Å²) >= 11 is 4.84. The van der Waals surface area contributed by atoms with Gasteiger partial charge in [0.05, 0.1) is 16.4 Å². The predicted octanol–water partition coefficient (Wildman–Crippen LogP) is 4.70. The monoisotopic (exact) mass is 394 g/mol. The lowest BCUT2D eigenvalue weighted by Crippen LogP contribution is -2.15. The number of aryl methyl sites for hydroxylation is 2. The van der Waals surface area contributed by atoms with Crippen molar-refractivity contribution in [1.82, 2.24) is 0 Å². The number of thioether (sulfide) groups is 1. The van der Waals surface area contributed by atoms with Crippen LogP contribution in [0.15, 0.2) is 45.8 Å². The van der Waals surface area contributed by atoms with Gasteiger partial charge in [-0.15, -0.1) is 11.8 Å². The molecule has 0 atom stereocenters. The van der Waals surface area contributed by atoms with E-state index in [2.05, 4.69) is 21.2 Å². The molecular formula is C16H15BrN2O3S. The van der Waals surface area contributed by atoms with Crippen LogP contribution in [0.5, 0.6) is 0 Å². The first-order valence-electron chi connectivity index (χ1n) is 6.80. The average molecular weight is 395 g/mol. The highest BCUT2D eigenvalue weighted by molar-refractivity contribution is 9.10. The van der Waals surface area contributed by atoms with Gasteiger partial charge in [0.1, 0.15) is 0 Å². The van der Waals surface area contributed by atoms with E-state index in [1.807, 2.05) is 25.1 Å². The van der Waals surface area contributed by atoms with Crippen LogP contribution in [-0.4, -0.2) is 16.6 Å². The molecule has 1 amide bonds. The highest BCUT2D eigenvalue weighted by atomic mass is 79.9. The number of benzene rings is 2. The van der Waals surface area contributed by atoms with Crippen LogP contribution in [0.3, 0.4) is 0 Å². The zero-order valence-electron chi connectivity index (χ0n) is 12.6. The molecule has 120 valence electrons. The standard InChI is InChI=1S/C16H15BrN2O3S/c1-10-3-5-13(19(21)22)8-14(10)18-16(20)9-23-15-6-4-12(17)7-11(15)2/h3-8H,9H2,1-2H3,(H,18,20). The largest absolute Gasteiger partial charge is 0.325 e. The summed E-state index contributed by atoms with van der Waals surface area (Å²) in [4.78, 5) is 23.4. The number of rotatable bonds is 5. The molecule has 0 heterocycles. The molecule has 0 saturated carbocycles. The van der Waals surface area contributed by atoms with Crippen molar-refractivity contribution in [3.63, 3.8) is 0 Å². The molecule has 5 nitrogen and oxygen atoms in total. The number of carbonyl (C=O) groups excluding carboxylic acids is 1. The fraction of sp³-hybridized carbons (Fsp3) is 0.188. The van der Waals surface area contributed by atoms with E-state index in [0.717, 1.165) is 20.5 Å². The number of hydrogen-bond donors (Lipinski definition) is 1. The summed E-state index contributed by atoms with van der Waals surface area (Å²) in [5.41, 5.74) is 2.30. The number of nitro groups is 1. The first-order valence-corrected chi connectivity index (χ1v) is 8.58. The second-order valence-corrected chi connectivity index (χ2v) is 6.94. The normalized spacial score (nSPS) is 10.4. The molecule has 0 spiro atoms. The smallest absolute Gasteiger partial charge is 0.271 e. The van der Waals surface area contributed by atoms with Gasteiger partial charge < -0.3 is 5.32 Å². The zero-order valence-corrected chi connectivity index (χ0v) is 15.0. The van der Waals surface area contributed by atoms with Gasteiger partial charge in [-0.25, -0.2) is 0 Å². The van der Waals surface area contributed by atoms with E-state index in [1.54, 1.807) is 13.0 Å². The summed E-state index contributed by atoms with van der Waals surface area (Å²) in [6.45, 7) is 3.78. The molecule has 0 aliphatic carbocycles. The van der Waals surface area contributed by atoms with Crippen molar-refractivity contribution in [2.24, 2.45) is 0 Å². The molecule has 0 bridgehead atoms. The van der Waals surface area contributed by atoms with E-state index >= 15 is 0 Å². The third-order valence-electron chi connectivity index (χ3n) is 3.20. The Bertz CT molecular complexity index is 765. The van der Waals surface area contributed by atoms with Gasteiger partial charge in [0, 0.05) is 21.5 Å². The SMILES string of the molecule is Cc1ccc([N+](=O)[O-])cc1NC(=O)CSc1ccc(Br)cc1C. The van der Waals surface area contributed by atoms with Crippen molar-refractivity contribution in [3.05, 3.63) is 62.1 Å². The zero-order chi connectivity index (χ0) is 17.0. The third-order valence-corrected chi connectivity index (χ3v) is 4.87. The van der Waals surface area contributed by atoms with Gasteiger partial charge in [0.15, 0.2) is 0 Å². The van der Waals surface area contributed by atoms with E-state index < -0.39 is 4.92 Å². The number of nitro benzene ring substituents is 1. The van der Waals surface area contributed by atoms with E-state index in [0.29, 0.717) is 5.69 Å². The van der Waals surface area contributed by atoms with Crippen LogP contribution in [0.25, 0.3) is 0 Å². The lowest BCUT2D eigenvalue weighted by molar-refractivity contribution is -0.384. The molecule has 0 aliphatic heterocycles. The van der Waals surface area contributed by atoms with Crippen LogP contribution < -0.4 is 5.32 Å². The van der Waals surface area contributed by atoms with Crippen LogP contribution >= 0.6 is 27.7 Å². The van der Waals surface area contributed by atoms with Crippen LogP contribution in [0, 0.1) is 24.0 Å². The van der Waals surface area contributed by atoms with E-state index in [4.69, 9.17) is 0 Å². The molecule has 0 aliphatic rings. The minimum Gasteiger partial charge on any atom is -0.325 e. The fourth-order valence-electron chi connectivity index (χ4n) is 1.96. The summed E-state index contributed by atoms with van der Waals surface area (Å²) in [6.07, 6.45) is 0. The van der Waals surface area contributed by atoms with Gasteiger partial charge in [-0.3, -0.25) is 14.9 Å². The molecule has 7 heteroatoms. The van der Waals surface area contributed by atoms with Gasteiger partial charge in [-0.05, 0) is 43.2 Å². The highest BCUT2D eigenvalue weighted by Crippen LogP contribution is 2.26. The topological polar surface area (TPSA) is 72.2 Å². The summed E-state index contributed by atoms with van der Waals surface area (Å²) in [6, 6.07) is 10.3. The molecule has 23 heavy (non-hydrogen) atoms. The van der Waals surface area contributed by atoms with Crippen molar-refractivity contribution < 1.29 is 9.72 Å². The molecule has 0 saturated heterocycles. The molecule has 2 aromatic carbocycles. The second kappa shape index (κ2) is 7.61. The Hall–Kier alpha value is -1.86. The Morgan fingerprint density at radius 1 is 1.22 bits per heavy atom. The lowest BCUT2D eigenvalue weighted by Gasteiger charge is -2.09. The molecular weight excluding hydrogens is 380 g/mol. The van der Waals surface area contributed by atoms with Crippen molar-refractivity contribution in [1.29, 1.82) is 0 Å². The molecule has 0 unspecified atom stereocenters. The fourth-order valence-corrected chi connectivity index (χ4v) is 3.25. The highest BCUT2D eigenvalue weighted by Gasteiger charge is 2.11. The number of nitrogens with one attached hydrogen (secondary N) is 1. The first-order chi connectivity index (χ1) is 10.9. The van der Waals surface area contributed by atoms with Crippen molar-refractivity contribution in [2.45, 2.75) is 18.7 Å². The molecule has 1 N–H and O–H groups in total. The lowest BCUT2D eigenvalue weighted by atomic mass is 10.2. The second-order valence-electron chi connectivity index (χ2n) is 5.00. The summed E-state index contributed by atoms with van der Waals surface area (Å²) in [5, 5.41) is 13.5. The maximum Gasteiger partial charge on any atom is 0.271 e. The van der Waals surface area contributed by atoms with Gasteiger partial charge >= 0.3 is 0 Å². The van der Waals surface area contributed by atoms with Gasteiger partial charge in [0.2, 0.25) is 5.91 Å². The number of hydrogen-bond acceptors (Lipinski definition) is 4.